The summed E-state index contributed by atoms with van der Waals surface area (Å²) in [6, 6.07) is 1.20. The molecular formula is C12H17ClFN3O2. The molecule has 1 atom stereocenters. The lowest BCUT2D eigenvalue weighted by Crippen LogP contribution is -2.46. The van der Waals surface area contributed by atoms with Crippen molar-refractivity contribution in [1.82, 2.24) is 9.88 Å². The summed E-state index contributed by atoms with van der Waals surface area (Å²) in [4.78, 5) is 17.5. The van der Waals surface area contributed by atoms with Gasteiger partial charge < -0.3 is 15.4 Å². The largest absolute Gasteiger partial charge is 0.374 e. The minimum Gasteiger partial charge on any atom is -0.374 e. The van der Waals surface area contributed by atoms with Gasteiger partial charge in [-0.25, -0.2) is 4.39 Å². The average molecular weight is 290 g/mol. The number of halogens is 2. The fourth-order valence-corrected chi connectivity index (χ4v) is 1.98. The molecule has 1 saturated heterocycles. The van der Waals surface area contributed by atoms with Crippen molar-refractivity contribution in [3.63, 3.8) is 0 Å². The summed E-state index contributed by atoms with van der Waals surface area (Å²) in [5.74, 6) is -0.722. The third kappa shape index (κ3) is 4.12. The van der Waals surface area contributed by atoms with Crippen LogP contribution in [0.1, 0.15) is 16.8 Å². The highest BCUT2D eigenvalue weighted by Crippen LogP contribution is 2.12. The van der Waals surface area contributed by atoms with E-state index in [0.29, 0.717) is 32.7 Å². The van der Waals surface area contributed by atoms with Crippen molar-refractivity contribution >= 4 is 18.3 Å². The summed E-state index contributed by atoms with van der Waals surface area (Å²) in [6.45, 7) is 2.01. The van der Waals surface area contributed by atoms with Crippen LogP contribution in [0.2, 0.25) is 0 Å². The van der Waals surface area contributed by atoms with Crippen molar-refractivity contribution in [2.24, 2.45) is 5.73 Å². The Kier molecular flexibility index (Phi) is 6.14. The average Bonchev–Trinajstić information content (AvgIpc) is 2.39. The summed E-state index contributed by atoms with van der Waals surface area (Å²) in [5, 5.41) is 0. The molecule has 19 heavy (non-hydrogen) atoms. The first-order valence-corrected chi connectivity index (χ1v) is 5.92. The van der Waals surface area contributed by atoms with Crippen LogP contribution >= 0.6 is 12.4 Å². The molecule has 1 aliphatic rings. The van der Waals surface area contributed by atoms with Crippen LogP contribution in [0.5, 0.6) is 0 Å². The Morgan fingerprint density at radius 1 is 1.58 bits per heavy atom. The first kappa shape index (κ1) is 15.8. The minimum atomic E-state index is -0.507. The van der Waals surface area contributed by atoms with Gasteiger partial charge in [-0.1, -0.05) is 0 Å². The Labute approximate surface area is 117 Å². The second-order valence-corrected chi connectivity index (χ2v) is 4.21. The van der Waals surface area contributed by atoms with Crippen molar-refractivity contribution in [2.75, 3.05) is 26.2 Å². The Hall–Kier alpha value is -1.24. The second-order valence-electron chi connectivity index (χ2n) is 4.21. The van der Waals surface area contributed by atoms with Crippen molar-refractivity contribution < 1.29 is 13.9 Å². The Morgan fingerprint density at radius 2 is 2.37 bits per heavy atom. The lowest BCUT2D eigenvalue weighted by molar-refractivity contribution is -0.0236. The zero-order chi connectivity index (χ0) is 13.0. The van der Waals surface area contributed by atoms with Gasteiger partial charge in [0.2, 0.25) is 0 Å². The third-order valence-corrected chi connectivity index (χ3v) is 2.87. The first-order valence-electron chi connectivity index (χ1n) is 5.92. The maximum absolute atomic E-state index is 13.0. The molecule has 1 aromatic rings. The highest BCUT2D eigenvalue weighted by Gasteiger charge is 2.24. The van der Waals surface area contributed by atoms with Crippen molar-refractivity contribution in [2.45, 2.75) is 12.5 Å². The highest BCUT2D eigenvalue weighted by atomic mass is 35.5. The van der Waals surface area contributed by atoms with Crippen LogP contribution in [0.25, 0.3) is 0 Å². The molecule has 1 aromatic heterocycles. The number of morpholine rings is 1. The zero-order valence-electron chi connectivity index (χ0n) is 10.4. The van der Waals surface area contributed by atoms with Gasteiger partial charge in [-0.15, -0.1) is 12.4 Å². The molecule has 2 rings (SSSR count). The summed E-state index contributed by atoms with van der Waals surface area (Å²) in [5.41, 5.74) is 5.74. The number of hydrogen-bond acceptors (Lipinski definition) is 4. The van der Waals surface area contributed by atoms with Gasteiger partial charge in [0.25, 0.3) is 5.91 Å². The van der Waals surface area contributed by atoms with Gasteiger partial charge in [0.05, 0.1) is 24.5 Å². The van der Waals surface area contributed by atoms with E-state index in [1.807, 2.05) is 0 Å². The first-order chi connectivity index (χ1) is 8.70. The van der Waals surface area contributed by atoms with E-state index in [4.69, 9.17) is 10.5 Å². The van der Waals surface area contributed by atoms with Gasteiger partial charge in [-0.3, -0.25) is 9.78 Å². The number of ether oxygens (including phenoxy) is 1. The van der Waals surface area contributed by atoms with Gasteiger partial charge in [0, 0.05) is 19.3 Å². The summed E-state index contributed by atoms with van der Waals surface area (Å²) >= 11 is 0. The maximum Gasteiger partial charge on any atom is 0.255 e. The molecule has 1 fully saturated rings. The molecule has 0 bridgehead atoms. The SMILES string of the molecule is Cl.NCCC1CN(C(=O)c2cncc(F)c2)CCO1. The van der Waals surface area contributed by atoms with Gasteiger partial charge >= 0.3 is 0 Å². The summed E-state index contributed by atoms with van der Waals surface area (Å²) < 4.78 is 18.5. The number of rotatable bonds is 3. The lowest BCUT2D eigenvalue weighted by atomic mass is 10.1. The quantitative estimate of drug-likeness (QED) is 0.895. The van der Waals surface area contributed by atoms with E-state index >= 15 is 0 Å². The third-order valence-electron chi connectivity index (χ3n) is 2.87. The predicted molar refractivity (Wildman–Crippen MR) is 70.8 cm³/mol. The van der Waals surface area contributed by atoms with Crippen LogP contribution in [0.4, 0.5) is 4.39 Å². The standard InChI is InChI=1S/C12H16FN3O2.ClH/c13-10-5-9(6-15-7-10)12(17)16-3-4-18-11(8-16)1-2-14;/h5-7,11H,1-4,8,14H2;1H. The van der Waals surface area contributed by atoms with Gasteiger partial charge in [-0.05, 0) is 19.0 Å². The molecule has 2 N–H and O–H groups in total. The topological polar surface area (TPSA) is 68.5 Å². The molecule has 0 aliphatic carbocycles. The maximum atomic E-state index is 13.0. The normalized spacial score (nSPS) is 18.8. The Morgan fingerprint density at radius 3 is 3.05 bits per heavy atom. The number of nitrogens with zero attached hydrogens (tertiary/aromatic N) is 2. The van der Waals surface area contributed by atoms with Crippen LogP contribution in [-0.4, -0.2) is 48.1 Å². The Bertz CT molecular complexity index is 431. The van der Waals surface area contributed by atoms with E-state index in [1.54, 1.807) is 4.90 Å². The van der Waals surface area contributed by atoms with E-state index in [1.165, 1.54) is 12.3 Å². The number of pyridine rings is 1. The molecule has 7 heteroatoms. The molecule has 0 spiro atoms. The van der Waals surface area contributed by atoms with E-state index in [9.17, 15) is 9.18 Å². The molecule has 0 radical (unpaired) electrons. The predicted octanol–water partition coefficient (Wildman–Crippen LogP) is 0.832. The van der Waals surface area contributed by atoms with Crippen LogP contribution in [0.3, 0.4) is 0 Å². The number of carbonyl (C=O) groups is 1. The summed E-state index contributed by atoms with van der Waals surface area (Å²) in [6.07, 6.45) is 3.13. The van der Waals surface area contributed by atoms with Gasteiger partial charge in [0.15, 0.2) is 0 Å². The molecule has 1 aliphatic heterocycles. The molecule has 0 aromatic carbocycles. The van der Waals surface area contributed by atoms with Crippen LogP contribution in [-0.2, 0) is 4.74 Å². The molecular weight excluding hydrogens is 273 g/mol. The van der Waals surface area contributed by atoms with Gasteiger partial charge in [-0.2, -0.15) is 0 Å². The lowest BCUT2D eigenvalue weighted by Gasteiger charge is -2.32. The van der Waals surface area contributed by atoms with Crippen LogP contribution in [0, 0.1) is 5.82 Å². The molecule has 1 amide bonds. The van der Waals surface area contributed by atoms with Crippen molar-refractivity contribution in [3.05, 3.63) is 29.8 Å². The van der Waals surface area contributed by atoms with E-state index in [-0.39, 0.29) is 30.0 Å². The smallest absolute Gasteiger partial charge is 0.255 e. The van der Waals surface area contributed by atoms with Crippen LogP contribution in [0.15, 0.2) is 18.5 Å². The summed E-state index contributed by atoms with van der Waals surface area (Å²) in [7, 11) is 0. The zero-order valence-corrected chi connectivity index (χ0v) is 11.2. The molecule has 5 nitrogen and oxygen atoms in total. The highest BCUT2D eigenvalue weighted by molar-refractivity contribution is 5.94. The number of carbonyl (C=O) groups excluding carboxylic acids is 1. The molecule has 1 unspecified atom stereocenters. The number of amides is 1. The fraction of sp³-hybridized carbons (Fsp3) is 0.500. The fourth-order valence-electron chi connectivity index (χ4n) is 1.98. The van der Waals surface area contributed by atoms with Crippen molar-refractivity contribution in [3.8, 4) is 0 Å². The number of nitrogens with two attached hydrogens (primary N) is 1. The number of hydrogen-bond donors (Lipinski definition) is 1. The minimum absolute atomic E-state index is 0. The Balaban J connectivity index is 0.00000180. The second kappa shape index (κ2) is 7.37. The molecule has 0 saturated carbocycles. The van der Waals surface area contributed by atoms with E-state index < -0.39 is 5.82 Å². The van der Waals surface area contributed by atoms with E-state index in [0.717, 1.165) is 6.20 Å². The number of aromatic nitrogens is 1. The van der Waals surface area contributed by atoms with Gasteiger partial charge in [0.1, 0.15) is 5.82 Å². The van der Waals surface area contributed by atoms with E-state index in [2.05, 4.69) is 4.98 Å². The molecule has 106 valence electrons. The van der Waals surface area contributed by atoms with Crippen LogP contribution < -0.4 is 5.73 Å². The monoisotopic (exact) mass is 289 g/mol. The molecule has 2 heterocycles. The van der Waals surface area contributed by atoms with Crippen molar-refractivity contribution in [1.29, 1.82) is 0 Å².